The Hall–Kier alpha value is -1.58. The molecule has 0 spiro atoms. The number of amides is 2. The molecule has 120 valence electrons. The fourth-order valence-corrected chi connectivity index (χ4v) is 3.29. The average Bonchev–Trinajstić information content (AvgIpc) is 3.20. The number of hydrogen-bond donors (Lipinski definition) is 2. The SMILES string of the molecule is O=C(CN1CCN(C(=O)C2CCCN2)CC1)Nc1nncs1. The van der Waals surface area contributed by atoms with E-state index in [1.807, 2.05) is 4.90 Å². The van der Waals surface area contributed by atoms with Gasteiger partial charge in [0, 0.05) is 26.2 Å². The molecule has 0 aliphatic carbocycles. The van der Waals surface area contributed by atoms with Crippen LogP contribution in [0.25, 0.3) is 0 Å². The molecule has 1 unspecified atom stereocenters. The van der Waals surface area contributed by atoms with Crippen LogP contribution < -0.4 is 10.6 Å². The van der Waals surface area contributed by atoms with E-state index < -0.39 is 0 Å². The fourth-order valence-electron chi connectivity index (χ4n) is 2.83. The van der Waals surface area contributed by atoms with Crippen LogP contribution in [0.1, 0.15) is 12.8 Å². The summed E-state index contributed by atoms with van der Waals surface area (Å²) in [6, 6.07) is -0.00717. The van der Waals surface area contributed by atoms with E-state index in [4.69, 9.17) is 0 Å². The van der Waals surface area contributed by atoms with Gasteiger partial charge >= 0.3 is 0 Å². The Labute approximate surface area is 132 Å². The highest BCUT2D eigenvalue weighted by Gasteiger charge is 2.29. The lowest BCUT2D eigenvalue weighted by Crippen LogP contribution is -2.54. The van der Waals surface area contributed by atoms with Crippen LogP contribution in [0.3, 0.4) is 0 Å². The quantitative estimate of drug-likeness (QED) is 0.767. The molecule has 1 aromatic rings. The number of carbonyl (C=O) groups excluding carboxylic acids is 2. The first kappa shape index (κ1) is 15.3. The highest BCUT2D eigenvalue weighted by molar-refractivity contribution is 7.13. The Morgan fingerprint density at radius 1 is 1.36 bits per heavy atom. The molecule has 2 amide bonds. The van der Waals surface area contributed by atoms with Crippen molar-refractivity contribution in [3.05, 3.63) is 5.51 Å². The molecule has 9 heteroatoms. The molecule has 2 saturated heterocycles. The molecule has 2 aliphatic rings. The summed E-state index contributed by atoms with van der Waals surface area (Å²) < 4.78 is 0. The second-order valence-electron chi connectivity index (χ2n) is 5.54. The van der Waals surface area contributed by atoms with Crippen LogP contribution in [0.5, 0.6) is 0 Å². The van der Waals surface area contributed by atoms with E-state index in [1.54, 1.807) is 5.51 Å². The highest BCUT2D eigenvalue weighted by Crippen LogP contribution is 2.12. The van der Waals surface area contributed by atoms with E-state index in [0.29, 0.717) is 24.8 Å². The molecular weight excluding hydrogens is 304 g/mol. The first-order valence-electron chi connectivity index (χ1n) is 7.53. The topological polar surface area (TPSA) is 90.5 Å². The summed E-state index contributed by atoms with van der Waals surface area (Å²) in [5.74, 6) is 0.115. The second-order valence-corrected chi connectivity index (χ2v) is 6.38. The van der Waals surface area contributed by atoms with Crippen LogP contribution in [0.2, 0.25) is 0 Å². The van der Waals surface area contributed by atoms with Crippen molar-refractivity contribution in [1.29, 1.82) is 0 Å². The van der Waals surface area contributed by atoms with Gasteiger partial charge in [-0.05, 0) is 19.4 Å². The van der Waals surface area contributed by atoms with Crippen molar-refractivity contribution >= 4 is 28.3 Å². The second kappa shape index (κ2) is 7.12. The number of nitrogens with one attached hydrogen (secondary N) is 2. The van der Waals surface area contributed by atoms with Crippen molar-refractivity contribution in [2.75, 3.05) is 44.6 Å². The van der Waals surface area contributed by atoms with Gasteiger partial charge in [-0.3, -0.25) is 19.8 Å². The van der Waals surface area contributed by atoms with Gasteiger partial charge in [0.15, 0.2) is 0 Å². The summed E-state index contributed by atoms with van der Waals surface area (Å²) in [5, 5.41) is 13.9. The van der Waals surface area contributed by atoms with Crippen LogP contribution in [0.4, 0.5) is 5.13 Å². The average molecular weight is 324 g/mol. The molecule has 8 nitrogen and oxygen atoms in total. The first-order valence-corrected chi connectivity index (χ1v) is 8.41. The zero-order chi connectivity index (χ0) is 15.4. The van der Waals surface area contributed by atoms with Crippen LogP contribution in [0.15, 0.2) is 5.51 Å². The maximum absolute atomic E-state index is 12.3. The van der Waals surface area contributed by atoms with Gasteiger partial charge in [0.2, 0.25) is 16.9 Å². The van der Waals surface area contributed by atoms with Gasteiger partial charge in [0.1, 0.15) is 5.51 Å². The van der Waals surface area contributed by atoms with Gasteiger partial charge < -0.3 is 10.2 Å². The van der Waals surface area contributed by atoms with Crippen molar-refractivity contribution in [3.63, 3.8) is 0 Å². The van der Waals surface area contributed by atoms with E-state index in [1.165, 1.54) is 11.3 Å². The van der Waals surface area contributed by atoms with E-state index in [9.17, 15) is 9.59 Å². The van der Waals surface area contributed by atoms with Crippen molar-refractivity contribution in [1.82, 2.24) is 25.3 Å². The minimum absolute atomic E-state index is 0.00717. The number of nitrogens with zero attached hydrogens (tertiary/aromatic N) is 4. The molecule has 1 atom stereocenters. The Kier molecular flexibility index (Phi) is 4.96. The van der Waals surface area contributed by atoms with Crippen molar-refractivity contribution in [2.24, 2.45) is 0 Å². The molecule has 2 aliphatic heterocycles. The van der Waals surface area contributed by atoms with Crippen molar-refractivity contribution in [2.45, 2.75) is 18.9 Å². The summed E-state index contributed by atoms with van der Waals surface area (Å²) >= 11 is 1.30. The zero-order valence-corrected chi connectivity index (χ0v) is 13.1. The van der Waals surface area contributed by atoms with Crippen LogP contribution in [-0.2, 0) is 9.59 Å². The lowest BCUT2D eigenvalue weighted by molar-refractivity contribution is -0.135. The van der Waals surface area contributed by atoms with E-state index >= 15 is 0 Å². The lowest BCUT2D eigenvalue weighted by atomic mass is 10.2. The third kappa shape index (κ3) is 3.79. The minimum atomic E-state index is -0.0889. The third-order valence-electron chi connectivity index (χ3n) is 4.02. The van der Waals surface area contributed by atoms with E-state index in [2.05, 4.69) is 25.7 Å². The number of piperazine rings is 1. The Morgan fingerprint density at radius 3 is 2.82 bits per heavy atom. The molecule has 2 N–H and O–H groups in total. The smallest absolute Gasteiger partial charge is 0.240 e. The fraction of sp³-hybridized carbons (Fsp3) is 0.692. The van der Waals surface area contributed by atoms with Crippen molar-refractivity contribution < 1.29 is 9.59 Å². The summed E-state index contributed by atoms with van der Waals surface area (Å²) in [4.78, 5) is 28.2. The normalized spacial score (nSPS) is 22.7. The molecule has 22 heavy (non-hydrogen) atoms. The molecule has 1 aromatic heterocycles. The molecule has 0 saturated carbocycles. The predicted molar refractivity (Wildman–Crippen MR) is 82.6 cm³/mol. The summed E-state index contributed by atoms with van der Waals surface area (Å²) in [6.07, 6.45) is 2.01. The van der Waals surface area contributed by atoms with Gasteiger partial charge in [-0.1, -0.05) is 11.3 Å². The predicted octanol–water partition coefficient (Wildman–Crippen LogP) is -0.627. The van der Waals surface area contributed by atoms with E-state index in [-0.39, 0.29) is 17.9 Å². The van der Waals surface area contributed by atoms with Gasteiger partial charge in [0.05, 0.1) is 12.6 Å². The number of anilines is 1. The molecule has 3 heterocycles. The van der Waals surface area contributed by atoms with Gasteiger partial charge in [-0.25, -0.2) is 0 Å². The largest absolute Gasteiger partial charge is 0.339 e. The molecule has 0 bridgehead atoms. The Bertz CT molecular complexity index is 509. The molecule has 3 rings (SSSR count). The summed E-state index contributed by atoms with van der Waals surface area (Å²) in [6.45, 7) is 4.07. The Morgan fingerprint density at radius 2 is 2.18 bits per heavy atom. The van der Waals surface area contributed by atoms with Crippen LogP contribution in [-0.4, -0.2) is 77.1 Å². The zero-order valence-electron chi connectivity index (χ0n) is 12.3. The lowest BCUT2D eigenvalue weighted by Gasteiger charge is -2.35. The number of hydrogen-bond acceptors (Lipinski definition) is 7. The van der Waals surface area contributed by atoms with Crippen molar-refractivity contribution in [3.8, 4) is 0 Å². The molecular formula is C13H20N6O2S. The van der Waals surface area contributed by atoms with E-state index in [0.717, 1.165) is 32.5 Å². The summed E-state index contributed by atoms with van der Waals surface area (Å²) in [7, 11) is 0. The van der Waals surface area contributed by atoms with Gasteiger partial charge in [-0.15, -0.1) is 10.2 Å². The molecule has 2 fully saturated rings. The summed E-state index contributed by atoms with van der Waals surface area (Å²) in [5.41, 5.74) is 1.58. The molecule has 0 aromatic carbocycles. The van der Waals surface area contributed by atoms with Crippen LogP contribution in [0, 0.1) is 0 Å². The number of aromatic nitrogens is 2. The maximum Gasteiger partial charge on any atom is 0.240 e. The third-order valence-corrected chi connectivity index (χ3v) is 4.62. The van der Waals surface area contributed by atoms with Gasteiger partial charge in [-0.2, -0.15) is 0 Å². The standard InChI is InChI=1S/C13H20N6O2S/c20-11(16-13-17-15-9-22-13)8-18-4-6-19(7-5-18)12(21)10-2-1-3-14-10/h9-10,14H,1-8H2,(H,16,17,20). The monoisotopic (exact) mass is 324 g/mol. The number of carbonyl (C=O) groups is 2. The maximum atomic E-state index is 12.3. The highest BCUT2D eigenvalue weighted by atomic mass is 32.1. The van der Waals surface area contributed by atoms with Crippen LogP contribution >= 0.6 is 11.3 Å². The minimum Gasteiger partial charge on any atom is -0.339 e. The molecule has 0 radical (unpaired) electrons. The first-order chi connectivity index (χ1) is 10.7. The Balaban J connectivity index is 1.41. The number of rotatable bonds is 4. The van der Waals surface area contributed by atoms with Gasteiger partial charge in [0.25, 0.3) is 0 Å².